The molecule has 1 rings (SSSR count). The minimum Gasteiger partial charge on any atom is -0.244 e. The summed E-state index contributed by atoms with van der Waals surface area (Å²) in [5.74, 6) is 0. The highest BCUT2D eigenvalue weighted by Crippen LogP contribution is 2.23. The van der Waals surface area contributed by atoms with Gasteiger partial charge in [0.25, 0.3) is 0 Å². The smallest absolute Gasteiger partial charge is 0.244 e. The number of nitrogens with zero attached hydrogens (tertiary/aromatic N) is 3. The van der Waals surface area contributed by atoms with Crippen molar-refractivity contribution in [2.75, 3.05) is 0 Å². The Kier molecular flexibility index (Phi) is 1.95. The second kappa shape index (κ2) is 2.66. The first kappa shape index (κ1) is 8.83. The minimum absolute atomic E-state index is 0.488. The second-order valence-electron chi connectivity index (χ2n) is 3.27. The topological polar surface area (TPSA) is 62.1 Å². The van der Waals surface area contributed by atoms with Gasteiger partial charge in [-0.1, -0.05) is 17.2 Å². The molecule has 0 spiro atoms. The molecule has 0 bridgehead atoms. The van der Waals surface area contributed by atoms with Crippen molar-refractivity contribution < 1.29 is 9.59 Å². The van der Waals surface area contributed by atoms with Gasteiger partial charge in [0.05, 0.1) is 0 Å². The lowest BCUT2D eigenvalue weighted by Crippen LogP contribution is -2.46. The third-order valence-electron chi connectivity index (χ3n) is 2.07. The van der Waals surface area contributed by atoms with Crippen LogP contribution in [0, 0.1) is 0 Å². The van der Waals surface area contributed by atoms with E-state index in [0.29, 0.717) is 6.42 Å². The van der Waals surface area contributed by atoms with Crippen LogP contribution >= 0.6 is 0 Å². The molecule has 5 heteroatoms. The van der Waals surface area contributed by atoms with Crippen molar-refractivity contribution in [3.05, 3.63) is 0 Å². The van der Waals surface area contributed by atoms with Crippen molar-refractivity contribution in [2.45, 2.75) is 32.7 Å². The molecule has 0 aliphatic carbocycles. The first-order valence-electron chi connectivity index (χ1n) is 3.79. The molecule has 4 amide bonds. The Bertz CT molecular complexity index is 239. The SMILES string of the molecule is CCC(C)(C)N1C(=O)N=NC1=O. The first-order chi connectivity index (χ1) is 5.49. The average molecular weight is 169 g/mol. The lowest BCUT2D eigenvalue weighted by molar-refractivity contribution is 0.159. The zero-order valence-corrected chi connectivity index (χ0v) is 7.37. The van der Waals surface area contributed by atoms with Gasteiger partial charge >= 0.3 is 12.1 Å². The molecule has 0 fully saturated rings. The highest BCUT2D eigenvalue weighted by molar-refractivity contribution is 5.99. The number of urea groups is 2. The molecule has 0 aromatic rings. The second-order valence-corrected chi connectivity index (χ2v) is 3.27. The van der Waals surface area contributed by atoms with Gasteiger partial charge in [0.2, 0.25) is 0 Å². The molecule has 0 unspecified atom stereocenters. The molecule has 1 aliphatic heterocycles. The Morgan fingerprint density at radius 1 is 1.25 bits per heavy atom. The van der Waals surface area contributed by atoms with Crippen molar-refractivity contribution in [3.8, 4) is 0 Å². The predicted molar refractivity (Wildman–Crippen MR) is 41.9 cm³/mol. The summed E-state index contributed by atoms with van der Waals surface area (Å²) in [7, 11) is 0. The number of rotatable bonds is 2. The number of azo groups is 1. The van der Waals surface area contributed by atoms with Crippen molar-refractivity contribution in [1.29, 1.82) is 0 Å². The fourth-order valence-corrected chi connectivity index (χ4v) is 0.933. The van der Waals surface area contributed by atoms with E-state index in [1.54, 1.807) is 13.8 Å². The van der Waals surface area contributed by atoms with Crippen molar-refractivity contribution in [1.82, 2.24) is 4.90 Å². The van der Waals surface area contributed by atoms with Gasteiger partial charge < -0.3 is 0 Å². The van der Waals surface area contributed by atoms with Gasteiger partial charge in [0, 0.05) is 5.54 Å². The van der Waals surface area contributed by atoms with E-state index >= 15 is 0 Å². The zero-order valence-electron chi connectivity index (χ0n) is 7.37. The summed E-state index contributed by atoms with van der Waals surface area (Å²) in [5, 5.41) is 6.35. The van der Waals surface area contributed by atoms with Crippen molar-refractivity contribution in [2.24, 2.45) is 10.2 Å². The van der Waals surface area contributed by atoms with Crippen LogP contribution in [0.25, 0.3) is 0 Å². The van der Waals surface area contributed by atoms with Crippen molar-refractivity contribution in [3.63, 3.8) is 0 Å². The van der Waals surface area contributed by atoms with Crippen LogP contribution in [0.1, 0.15) is 27.2 Å². The van der Waals surface area contributed by atoms with Gasteiger partial charge in [-0.05, 0) is 20.3 Å². The average Bonchev–Trinajstić information content (AvgIpc) is 2.31. The van der Waals surface area contributed by atoms with E-state index in [0.717, 1.165) is 4.90 Å². The molecule has 12 heavy (non-hydrogen) atoms. The number of hydrogen-bond acceptors (Lipinski definition) is 2. The standard InChI is InChI=1S/C7H11N3O2/c1-4-7(2,3)10-5(11)8-9-6(10)12/h4H2,1-3H3. The largest absolute Gasteiger partial charge is 0.371 e. The van der Waals surface area contributed by atoms with E-state index in [1.807, 2.05) is 6.92 Å². The van der Waals surface area contributed by atoms with Crippen LogP contribution in [0.4, 0.5) is 9.59 Å². The van der Waals surface area contributed by atoms with Gasteiger partial charge in [-0.15, -0.1) is 0 Å². The number of carbonyl (C=O) groups excluding carboxylic acids is 2. The van der Waals surface area contributed by atoms with Crippen LogP contribution in [0.2, 0.25) is 0 Å². The Labute approximate surface area is 70.5 Å². The van der Waals surface area contributed by atoms with E-state index in [1.165, 1.54) is 0 Å². The molecule has 0 N–H and O–H groups in total. The first-order valence-corrected chi connectivity index (χ1v) is 3.79. The number of amides is 4. The summed E-state index contributed by atoms with van der Waals surface area (Å²) < 4.78 is 0. The van der Waals surface area contributed by atoms with Crippen LogP contribution in [-0.4, -0.2) is 22.5 Å². The van der Waals surface area contributed by atoms with Crippen LogP contribution in [0.5, 0.6) is 0 Å². The van der Waals surface area contributed by atoms with Gasteiger partial charge in [-0.2, -0.15) is 0 Å². The molecule has 0 atom stereocenters. The van der Waals surface area contributed by atoms with Crippen LogP contribution in [0.15, 0.2) is 10.2 Å². The predicted octanol–water partition coefficient (Wildman–Crippen LogP) is 2.18. The monoisotopic (exact) mass is 169 g/mol. The Hall–Kier alpha value is -1.26. The molecule has 0 saturated carbocycles. The molecule has 5 nitrogen and oxygen atoms in total. The third-order valence-corrected chi connectivity index (χ3v) is 2.07. The lowest BCUT2D eigenvalue weighted by Gasteiger charge is -2.30. The van der Waals surface area contributed by atoms with Crippen LogP contribution in [-0.2, 0) is 0 Å². The molecule has 0 radical (unpaired) electrons. The fraction of sp³-hybridized carbons (Fsp3) is 0.714. The highest BCUT2D eigenvalue weighted by atomic mass is 16.2. The lowest BCUT2D eigenvalue weighted by atomic mass is 10.0. The Balaban J connectivity index is 2.90. The van der Waals surface area contributed by atoms with E-state index < -0.39 is 17.6 Å². The fourth-order valence-electron chi connectivity index (χ4n) is 0.933. The quantitative estimate of drug-likeness (QED) is 0.636. The molecule has 0 aromatic carbocycles. The van der Waals surface area contributed by atoms with E-state index in [9.17, 15) is 9.59 Å². The van der Waals surface area contributed by atoms with E-state index in [4.69, 9.17) is 0 Å². The van der Waals surface area contributed by atoms with Gasteiger partial charge in [-0.25, -0.2) is 14.5 Å². The normalized spacial score (nSPS) is 17.8. The molecule has 0 aromatic heterocycles. The summed E-state index contributed by atoms with van der Waals surface area (Å²) in [4.78, 5) is 23.1. The van der Waals surface area contributed by atoms with Gasteiger partial charge in [-0.3, -0.25) is 0 Å². The Morgan fingerprint density at radius 2 is 1.67 bits per heavy atom. The van der Waals surface area contributed by atoms with Crippen LogP contribution < -0.4 is 0 Å². The number of imide groups is 1. The van der Waals surface area contributed by atoms with Crippen LogP contribution in [0.3, 0.4) is 0 Å². The Morgan fingerprint density at radius 3 is 2.00 bits per heavy atom. The molecule has 0 saturated heterocycles. The van der Waals surface area contributed by atoms with E-state index in [-0.39, 0.29) is 0 Å². The summed E-state index contributed by atoms with van der Waals surface area (Å²) in [5.41, 5.74) is -0.488. The maximum Gasteiger partial charge on any atom is 0.371 e. The maximum atomic E-state index is 11.0. The molecular formula is C7H11N3O2. The number of hydrogen-bond donors (Lipinski definition) is 0. The van der Waals surface area contributed by atoms with E-state index in [2.05, 4.69) is 10.2 Å². The molecular weight excluding hydrogens is 158 g/mol. The summed E-state index contributed by atoms with van der Waals surface area (Å²) >= 11 is 0. The van der Waals surface area contributed by atoms with Gasteiger partial charge in [0.1, 0.15) is 0 Å². The maximum absolute atomic E-state index is 11.0. The van der Waals surface area contributed by atoms with Gasteiger partial charge in [0.15, 0.2) is 0 Å². The van der Waals surface area contributed by atoms with Crippen molar-refractivity contribution >= 4 is 12.1 Å². The number of carbonyl (C=O) groups is 2. The summed E-state index contributed by atoms with van der Waals surface area (Å²) in [6.45, 7) is 5.51. The summed E-state index contributed by atoms with van der Waals surface area (Å²) in [6, 6.07) is -1.13. The zero-order chi connectivity index (χ0) is 9.35. The highest BCUT2D eigenvalue weighted by Gasteiger charge is 2.38. The molecule has 1 aliphatic rings. The summed E-state index contributed by atoms with van der Waals surface area (Å²) in [6.07, 6.45) is 0.690. The molecule has 66 valence electrons. The third kappa shape index (κ3) is 1.22. The minimum atomic E-state index is -0.563. The molecule has 1 heterocycles.